The number of nitrogens with one attached hydrogen (secondary N) is 1. The van der Waals surface area contributed by atoms with E-state index in [1.54, 1.807) is 0 Å². The fourth-order valence-electron chi connectivity index (χ4n) is 1.62. The second kappa shape index (κ2) is 6.37. The van der Waals surface area contributed by atoms with Crippen molar-refractivity contribution >= 4 is 11.6 Å². The van der Waals surface area contributed by atoms with Crippen LogP contribution in [0.3, 0.4) is 0 Å². The molecule has 0 fully saturated rings. The highest BCUT2D eigenvalue weighted by atomic mass is 16.3. The zero-order valence-corrected chi connectivity index (χ0v) is 10.4. The van der Waals surface area contributed by atoms with Crippen LogP contribution in [-0.4, -0.2) is 23.7 Å². The lowest BCUT2D eigenvalue weighted by molar-refractivity contribution is -0.116. The molecular formula is C13H20N2O2. The number of aliphatic hydroxyl groups excluding tert-OH is 1. The van der Waals surface area contributed by atoms with Gasteiger partial charge >= 0.3 is 0 Å². The van der Waals surface area contributed by atoms with Gasteiger partial charge < -0.3 is 16.2 Å². The van der Waals surface area contributed by atoms with Crippen LogP contribution in [0.15, 0.2) is 18.2 Å². The average Bonchev–Trinajstić information content (AvgIpc) is 2.31. The largest absolute Gasteiger partial charge is 0.395 e. The highest BCUT2D eigenvalue weighted by Gasteiger charge is 2.09. The zero-order valence-electron chi connectivity index (χ0n) is 10.4. The van der Waals surface area contributed by atoms with Gasteiger partial charge in [0.1, 0.15) is 0 Å². The summed E-state index contributed by atoms with van der Waals surface area (Å²) < 4.78 is 0. The summed E-state index contributed by atoms with van der Waals surface area (Å²) >= 11 is 0. The Kier molecular flexibility index (Phi) is 5.12. The second-order valence-corrected chi connectivity index (χ2v) is 4.30. The van der Waals surface area contributed by atoms with Gasteiger partial charge in [0, 0.05) is 18.2 Å². The summed E-state index contributed by atoms with van der Waals surface area (Å²) in [6, 6.07) is 5.56. The van der Waals surface area contributed by atoms with Gasteiger partial charge in [0.05, 0.1) is 6.61 Å². The van der Waals surface area contributed by atoms with Gasteiger partial charge in [0.2, 0.25) is 5.91 Å². The van der Waals surface area contributed by atoms with Gasteiger partial charge in [-0.2, -0.15) is 0 Å². The highest BCUT2D eigenvalue weighted by Crippen LogP contribution is 2.19. The molecule has 1 rings (SSSR count). The standard InChI is InChI=1S/C13H20N2O2/c1-9-4-3-5-10(2)13(9)15-12(17)7-6-11(14)8-16/h3-5,11,16H,6-8,14H2,1-2H3,(H,15,17)/t11-/m0/s1. The van der Waals surface area contributed by atoms with E-state index in [-0.39, 0.29) is 18.6 Å². The van der Waals surface area contributed by atoms with E-state index >= 15 is 0 Å². The number of amides is 1. The van der Waals surface area contributed by atoms with Crippen molar-refractivity contribution in [3.05, 3.63) is 29.3 Å². The van der Waals surface area contributed by atoms with Gasteiger partial charge in [-0.25, -0.2) is 0 Å². The molecule has 94 valence electrons. The fourth-order valence-corrected chi connectivity index (χ4v) is 1.62. The van der Waals surface area contributed by atoms with Gasteiger partial charge in [-0.05, 0) is 31.4 Å². The minimum absolute atomic E-state index is 0.0636. The first-order valence-electron chi connectivity index (χ1n) is 5.77. The summed E-state index contributed by atoms with van der Waals surface area (Å²) in [4.78, 5) is 11.7. The summed E-state index contributed by atoms with van der Waals surface area (Å²) in [5.41, 5.74) is 8.51. The molecular weight excluding hydrogens is 216 g/mol. The van der Waals surface area contributed by atoms with Gasteiger partial charge in [-0.15, -0.1) is 0 Å². The van der Waals surface area contributed by atoms with Crippen molar-refractivity contribution in [2.24, 2.45) is 5.73 Å². The van der Waals surface area contributed by atoms with Crippen LogP contribution in [0.1, 0.15) is 24.0 Å². The maximum Gasteiger partial charge on any atom is 0.224 e. The van der Waals surface area contributed by atoms with E-state index in [1.807, 2.05) is 32.0 Å². The Labute approximate surface area is 102 Å². The number of carbonyl (C=O) groups is 1. The predicted octanol–water partition coefficient (Wildman–Crippen LogP) is 1.34. The Bertz CT molecular complexity index is 371. The minimum atomic E-state index is -0.321. The molecule has 4 nitrogen and oxygen atoms in total. The average molecular weight is 236 g/mol. The van der Waals surface area contributed by atoms with Gasteiger partial charge in [-0.1, -0.05) is 18.2 Å². The molecule has 0 spiro atoms. The molecule has 1 amide bonds. The van der Waals surface area contributed by atoms with Crippen molar-refractivity contribution in [2.45, 2.75) is 32.7 Å². The van der Waals surface area contributed by atoms with Crippen molar-refractivity contribution in [1.29, 1.82) is 0 Å². The third kappa shape index (κ3) is 4.17. The smallest absolute Gasteiger partial charge is 0.224 e. The molecule has 0 aliphatic rings. The lowest BCUT2D eigenvalue weighted by Gasteiger charge is -2.12. The molecule has 1 atom stereocenters. The fraction of sp³-hybridized carbons (Fsp3) is 0.462. The Morgan fingerprint density at radius 3 is 2.53 bits per heavy atom. The summed E-state index contributed by atoms with van der Waals surface area (Å²) in [6.45, 7) is 3.83. The number of hydrogen-bond donors (Lipinski definition) is 3. The number of para-hydroxylation sites is 1. The third-order valence-electron chi connectivity index (χ3n) is 2.72. The van der Waals surface area contributed by atoms with Crippen LogP contribution in [-0.2, 0) is 4.79 Å². The summed E-state index contributed by atoms with van der Waals surface area (Å²) in [7, 11) is 0. The molecule has 0 bridgehead atoms. The normalized spacial score (nSPS) is 12.2. The Morgan fingerprint density at radius 2 is 2.00 bits per heavy atom. The topological polar surface area (TPSA) is 75.4 Å². The lowest BCUT2D eigenvalue weighted by atomic mass is 10.1. The van der Waals surface area contributed by atoms with Crippen LogP contribution >= 0.6 is 0 Å². The third-order valence-corrected chi connectivity index (χ3v) is 2.72. The highest BCUT2D eigenvalue weighted by molar-refractivity contribution is 5.92. The van der Waals surface area contributed by atoms with Crippen LogP contribution < -0.4 is 11.1 Å². The quantitative estimate of drug-likeness (QED) is 0.722. The van der Waals surface area contributed by atoms with Crippen LogP contribution in [0.25, 0.3) is 0 Å². The number of carbonyl (C=O) groups excluding carboxylic acids is 1. The Morgan fingerprint density at radius 1 is 1.41 bits per heavy atom. The monoisotopic (exact) mass is 236 g/mol. The molecule has 0 radical (unpaired) electrons. The predicted molar refractivity (Wildman–Crippen MR) is 68.8 cm³/mol. The SMILES string of the molecule is Cc1cccc(C)c1NC(=O)CC[C@H](N)CO. The van der Waals surface area contributed by atoms with Crippen LogP contribution in [0.5, 0.6) is 0 Å². The number of hydrogen-bond acceptors (Lipinski definition) is 3. The molecule has 0 saturated carbocycles. The number of nitrogens with two attached hydrogens (primary N) is 1. The van der Waals surface area contributed by atoms with E-state index in [4.69, 9.17) is 10.8 Å². The molecule has 1 aromatic rings. The van der Waals surface area contributed by atoms with Crippen LogP contribution in [0.2, 0.25) is 0 Å². The molecule has 4 N–H and O–H groups in total. The molecule has 17 heavy (non-hydrogen) atoms. The number of aryl methyl sites for hydroxylation is 2. The molecule has 0 heterocycles. The molecule has 0 aromatic heterocycles. The van der Waals surface area contributed by atoms with Gasteiger partial charge in [0.15, 0.2) is 0 Å². The number of rotatable bonds is 5. The lowest BCUT2D eigenvalue weighted by Crippen LogP contribution is -2.26. The van der Waals surface area contributed by atoms with Crippen molar-refractivity contribution in [3.8, 4) is 0 Å². The molecule has 0 saturated heterocycles. The maximum absolute atomic E-state index is 11.7. The number of anilines is 1. The van der Waals surface area contributed by atoms with E-state index in [0.717, 1.165) is 16.8 Å². The van der Waals surface area contributed by atoms with Gasteiger partial charge in [-0.3, -0.25) is 4.79 Å². The summed E-state index contributed by atoms with van der Waals surface area (Å²) in [5.74, 6) is -0.0636. The van der Waals surface area contributed by atoms with Crippen LogP contribution in [0.4, 0.5) is 5.69 Å². The Balaban J connectivity index is 2.56. The maximum atomic E-state index is 11.7. The first-order valence-corrected chi connectivity index (χ1v) is 5.77. The van der Waals surface area contributed by atoms with Crippen molar-refractivity contribution in [2.75, 3.05) is 11.9 Å². The summed E-state index contributed by atoms with van der Waals surface area (Å²) in [5, 5.41) is 11.7. The molecule has 1 aromatic carbocycles. The number of aliphatic hydroxyl groups is 1. The van der Waals surface area contributed by atoms with Gasteiger partial charge in [0.25, 0.3) is 0 Å². The van der Waals surface area contributed by atoms with E-state index < -0.39 is 0 Å². The van der Waals surface area contributed by atoms with Crippen molar-refractivity contribution in [1.82, 2.24) is 0 Å². The minimum Gasteiger partial charge on any atom is -0.395 e. The molecule has 0 aliphatic carbocycles. The first-order chi connectivity index (χ1) is 8.04. The van der Waals surface area contributed by atoms with Crippen molar-refractivity contribution in [3.63, 3.8) is 0 Å². The number of benzene rings is 1. The second-order valence-electron chi connectivity index (χ2n) is 4.30. The Hall–Kier alpha value is -1.39. The summed E-state index contributed by atoms with van der Waals surface area (Å²) in [6.07, 6.45) is 0.822. The van der Waals surface area contributed by atoms with E-state index in [9.17, 15) is 4.79 Å². The molecule has 0 aliphatic heterocycles. The first kappa shape index (κ1) is 13.7. The van der Waals surface area contributed by atoms with E-state index in [1.165, 1.54) is 0 Å². The molecule has 4 heteroatoms. The zero-order chi connectivity index (χ0) is 12.8. The molecule has 0 unspecified atom stereocenters. The van der Waals surface area contributed by atoms with E-state index in [2.05, 4.69) is 5.32 Å². The van der Waals surface area contributed by atoms with Crippen LogP contribution in [0, 0.1) is 13.8 Å². The van der Waals surface area contributed by atoms with E-state index in [0.29, 0.717) is 12.8 Å². The van der Waals surface area contributed by atoms with Crippen molar-refractivity contribution < 1.29 is 9.90 Å².